The number of hydrogen-bond donors (Lipinski definition) is 0. The minimum atomic E-state index is 0.438. The molecule has 0 aliphatic heterocycles. The molecule has 3 atom stereocenters. The van der Waals surface area contributed by atoms with E-state index in [2.05, 4.69) is 30.4 Å². The molecule has 0 N–H and O–H groups in total. The number of Topliss-reactive ketones (excluding diaryl/α,β-unsaturated/α-hetero) is 1. The lowest BCUT2D eigenvalue weighted by molar-refractivity contribution is -0.119. The van der Waals surface area contributed by atoms with Gasteiger partial charge < -0.3 is 0 Å². The van der Waals surface area contributed by atoms with Crippen molar-refractivity contribution in [2.24, 2.45) is 17.8 Å². The fourth-order valence-electron chi connectivity index (χ4n) is 4.46. The number of allylic oxidation sites excluding steroid dienone is 8. The Hall–Kier alpha value is -1.37. The molecule has 0 amide bonds. The molecule has 0 heterocycles. The van der Waals surface area contributed by atoms with Crippen molar-refractivity contribution in [3.63, 3.8) is 0 Å². The van der Waals surface area contributed by atoms with Crippen LogP contribution in [0.3, 0.4) is 0 Å². The normalized spacial score (nSPS) is 36.5. The highest BCUT2D eigenvalue weighted by Crippen LogP contribution is 2.50. The van der Waals surface area contributed by atoms with Gasteiger partial charge in [-0.1, -0.05) is 36.0 Å². The predicted molar refractivity (Wildman–Crippen MR) is 76.6 cm³/mol. The topological polar surface area (TPSA) is 17.1 Å². The summed E-state index contributed by atoms with van der Waals surface area (Å²) < 4.78 is 0. The van der Waals surface area contributed by atoms with Crippen molar-refractivity contribution in [3.8, 4) is 0 Å². The maximum absolute atomic E-state index is 11.6. The number of rotatable bonds is 0. The first-order chi connectivity index (χ1) is 9.33. The van der Waals surface area contributed by atoms with E-state index in [1.165, 1.54) is 24.8 Å². The Morgan fingerprint density at radius 3 is 2.84 bits per heavy atom. The van der Waals surface area contributed by atoms with Gasteiger partial charge in [0, 0.05) is 12.8 Å². The maximum atomic E-state index is 11.6. The van der Waals surface area contributed by atoms with Crippen LogP contribution in [0.2, 0.25) is 0 Å². The number of carbonyl (C=O) groups is 1. The van der Waals surface area contributed by atoms with Gasteiger partial charge in [-0.15, -0.1) is 0 Å². The van der Waals surface area contributed by atoms with Crippen LogP contribution in [0, 0.1) is 17.8 Å². The van der Waals surface area contributed by atoms with Crippen molar-refractivity contribution < 1.29 is 4.79 Å². The number of ketones is 1. The minimum Gasteiger partial charge on any atom is -0.299 e. The Bertz CT molecular complexity index is 544. The summed E-state index contributed by atoms with van der Waals surface area (Å²) in [6.45, 7) is 0. The zero-order valence-corrected chi connectivity index (χ0v) is 11.3. The summed E-state index contributed by atoms with van der Waals surface area (Å²) >= 11 is 0. The smallest absolute Gasteiger partial charge is 0.136 e. The van der Waals surface area contributed by atoms with E-state index in [1.54, 1.807) is 11.1 Å². The summed E-state index contributed by atoms with van der Waals surface area (Å²) in [6, 6.07) is 0. The van der Waals surface area contributed by atoms with E-state index in [0.29, 0.717) is 24.0 Å². The fraction of sp³-hybridized carbons (Fsp3) is 0.500. The molecule has 2 saturated carbocycles. The summed E-state index contributed by atoms with van der Waals surface area (Å²) in [5.41, 5.74) is 4.59. The van der Waals surface area contributed by atoms with Gasteiger partial charge in [0.15, 0.2) is 0 Å². The van der Waals surface area contributed by atoms with Crippen molar-refractivity contribution in [1.29, 1.82) is 0 Å². The van der Waals surface area contributed by atoms with Crippen LogP contribution in [-0.2, 0) is 4.79 Å². The van der Waals surface area contributed by atoms with E-state index >= 15 is 0 Å². The molecule has 3 unspecified atom stereocenters. The average Bonchev–Trinajstić information content (AvgIpc) is 2.46. The molecule has 0 aromatic carbocycles. The minimum absolute atomic E-state index is 0.438. The molecule has 1 heteroatoms. The second kappa shape index (κ2) is 4.33. The van der Waals surface area contributed by atoms with Crippen LogP contribution in [0.4, 0.5) is 0 Å². The van der Waals surface area contributed by atoms with Crippen LogP contribution in [0.5, 0.6) is 0 Å². The highest BCUT2D eigenvalue weighted by atomic mass is 16.1. The SMILES string of the molecule is O=C1CCC2C(=CC=C3C4=CC=CCC4CCC32)C1. The largest absolute Gasteiger partial charge is 0.299 e. The molecule has 98 valence electrons. The van der Waals surface area contributed by atoms with E-state index in [1.807, 2.05) is 0 Å². The van der Waals surface area contributed by atoms with E-state index < -0.39 is 0 Å². The molecule has 0 bridgehead atoms. The Kier molecular flexibility index (Phi) is 2.61. The van der Waals surface area contributed by atoms with Crippen LogP contribution in [-0.4, -0.2) is 5.78 Å². The summed E-state index contributed by atoms with van der Waals surface area (Å²) in [5.74, 6) is 2.55. The van der Waals surface area contributed by atoms with Gasteiger partial charge >= 0.3 is 0 Å². The average molecular weight is 252 g/mol. The third kappa shape index (κ3) is 1.79. The molecule has 1 nitrogen and oxygen atoms in total. The van der Waals surface area contributed by atoms with Gasteiger partial charge in [0.1, 0.15) is 5.78 Å². The first kappa shape index (κ1) is 11.5. The molecule has 0 aromatic rings. The van der Waals surface area contributed by atoms with Crippen molar-refractivity contribution >= 4 is 5.78 Å². The quantitative estimate of drug-likeness (QED) is 0.633. The van der Waals surface area contributed by atoms with Crippen LogP contribution in [0.15, 0.2) is 47.1 Å². The summed E-state index contributed by atoms with van der Waals surface area (Å²) in [7, 11) is 0. The standard InChI is InChI=1S/C18H20O/c19-14-7-10-16-13(11-14)6-9-17-15-4-2-1-3-12(15)5-8-18(16)17/h1-2,4,6,9,12,16,18H,3,5,7-8,10-11H2. The second-order valence-electron chi connectivity index (χ2n) is 6.39. The molecule has 2 fully saturated rings. The summed E-state index contributed by atoms with van der Waals surface area (Å²) in [5, 5.41) is 0. The number of carbonyl (C=O) groups excluding carboxylic acids is 1. The van der Waals surface area contributed by atoms with Gasteiger partial charge in [0.2, 0.25) is 0 Å². The zero-order chi connectivity index (χ0) is 12.8. The lowest BCUT2D eigenvalue weighted by Gasteiger charge is -2.43. The van der Waals surface area contributed by atoms with Crippen LogP contribution >= 0.6 is 0 Å². The molecule has 0 spiro atoms. The van der Waals surface area contributed by atoms with Gasteiger partial charge in [-0.05, 0) is 54.6 Å². The van der Waals surface area contributed by atoms with Gasteiger partial charge in [0.05, 0.1) is 0 Å². The first-order valence-electron chi connectivity index (χ1n) is 7.62. The Morgan fingerprint density at radius 1 is 0.947 bits per heavy atom. The van der Waals surface area contributed by atoms with Gasteiger partial charge in [0.25, 0.3) is 0 Å². The third-order valence-electron chi connectivity index (χ3n) is 5.41. The Labute approximate surface area is 114 Å². The molecular weight excluding hydrogens is 232 g/mol. The molecule has 0 radical (unpaired) electrons. The zero-order valence-electron chi connectivity index (χ0n) is 11.3. The van der Waals surface area contributed by atoms with Crippen LogP contribution < -0.4 is 0 Å². The van der Waals surface area contributed by atoms with Crippen molar-refractivity contribution in [1.82, 2.24) is 0 Å². The highest BCUT2D eigenvalue weighted by molar-refractivity contribution is 5.82. The van der Waals surface area contributed by atoms with Gasteiger partial charge in [-0.25, -0.2) is 0 Å². The molecule has 4 rings (SSSR count). The third-order valence-corrected chi connectivity index (χ3v) is 5.41. The summed E-state index contributed by atoms with van der Waals surface area (Å²) in [6.07, 6.45) is 17.9. The Morgan fingerprint density at radius 2 is 1.89 bits per heavy atom. The van der Waals surface area contributed by atoms with Crippen molar-refractivity contribution in [2.45, 2.75) is 38.5 Å². The Balaban J connectivity index is 1.73. The van der Waals surface area contributed by atoms with Crippen LogP contribution in [0.1, 0.15) is 38.5 Å². The van der Waals surface area contributed by atoms with Crippen molar-refractivity contribution in [2.75, 3.05) is 0 Å². The van der Waals surface area contributed by atoms with E-state index in [0.717, 1.165) is 18.8 Å². The first-order valence-corrected chi connectivity index (χ1v) is 7.62. The lowest BCUT2D eigenvalue weighted by atomic mass is 9.61. The van der Waals surface area contributed by atoms with Crippen molar-refractivity contribution in [3.05, 3.63) is 47.1 Å². The van der Waals surface area contributed by atoms with Gasteiger partial charge in [-0.3, -0.25) is 4.79 Å². The molecule has 4 aliphatic carbocycles. The molecule has 0 saturated heterocycles. The van der Waals surface area contributed by atoms with E-state index in [4.69, 9.17) is 0 Å². The number of fused-ring (bicyclic) bond motifs is 5. The van der Waals surface area contributed by atoms with Crippen LogP contribution in [0.25, 0.3) is 0 Å². The van der Waals surface area contributed by atoms with E-state index in [-0.39, 0.29) is 0 Å². The molecule has 4 aliphatic rings. The number of hydrogen-bond acceptors (Lipinski definition) is 1. The predicted octanol–water partition coefficient (Wildman–Crippen LogP) is 4.13. The second-order valence-corrected chi connectivity index (χ2v) is 6.39. The maximum Gasteiger partial charge on any atom is 0.136 e. The summed E-state index contributed by atoms with van der Waals surface area (Å²) in [4.78, 5) is 11.6. The lowest BCUT2D eigenvalue weighted by Crippen LogP contribution is -2.32. The van der Waals surface area contributed by atoms with Gasteiger partial charge in [-0.2, -0.15) is 0 Å². The van der Waals surface area contributed by atoms with E-state index in [9.17, 15) is 4.79 Å². The molecular formula is C18H20O. The molecule has 19 heavy (non-hydrogen) atoms. The highest BCUT2D eigenvalue weighted by Gasteiger charge is 2.39. The fourth-order valence-corrected chi connectivity index (χ4v) is 4.46. The monoisotopic (exact) mass is 252 g/mol. The molecule has 0 aromatic heterocycles.